The monoisotopic (exact) mass is 446 g/mol. The van der Waals surface area contributed by atoms with Crippen LogP contribution in [0, 0.1) is 17.2 Å². The molecule has 0 bridgehead atoms. The lowest BCUT2D eigenvalue weighted by molar-refractivity contribution is 0.202. The third-order valence-electron chi connectivity index (χ3n) is 6.24. The molecule has 1 saturated heterocycles. The average molecular weight is 447 g/mol. The second kappa shape index (κ2) is 7.73. The molecule has 0 aliphatic carbocycles. The molecular weight excluding hydrogens is 424 g/mol. The van der Waals surface area contributed by atoms with Crippen LogP contribution in [0.3, 0.4) is 0 Å². The van der Waals surface area contributed by atoms with Crippen LogP contribution >= 0.6 is 12.4 Å². The lowest BCUT2D eigenvalue weighted by Gasteiger charge is -2.36. The van der Waals surface area contributed by atoms with Crippen molar-refractivity contribution in [2.75, 3.05) is 30.3 Å². The van der Waals surface area contributed by atoms with Gasteiger partial charge in [0.2, 0.25) is 0 Å². The van der Waals surface area contributed by atoms with Crippen LogP contribution in [-0.2, 0) is 22.0 Å². The zero-order valence-electron chi connectivity index (χ0n) is 16.4. The summed E-state index contributed by atoms with van der Waals surface area (Å²) >= 11 is 0. The number of hydrogen-bond donors (Lipinski definition) is 1. The van der Waals surface area contributed by atoms with Gasteiger partial charge < -0.3 is 10.0 Å². The van der Waals surface area contributed by atoms with Crippen molar-refractivity contribution in [1.29, 1.82) is 5.26 Å². The standard InChI is InChI=1S/C21H22N4O3S.ClH/c22-11-16-15-7-10-29(27,28)13-17(15)21(24-8-5-14(12-26)6-9-24)25-19-4-2-1-3-18(19)23-20(16)25;/h1-4,14,26H,5-10,12-13H2;1H. The SMILES string of the molecule is Cl.N#Cc1c2c(c(N3CCC(CO)CC3)n3c1nc1ccccc13)CS(=O)(=O)CC2. The summed E-state index contributed by atoms with van der Waals surface area (Å²) < 4.78 is 27.0. The summed E-state index contributed by atoms with van der Waals surface area (Å²) in [6.45, 7) is 1.66. The molecule has 1 aromatic carbocycles. The summed E-state index contributed by atoms with van der Waals surface area (Å²) in [5.74, 6) is 1.15. The number of nitriles is 1. The second-order valence-corrected chi connectivity index (χ2v) is 10.2. The fourth-order valence-electron chi connectivity index (χ4n) is 4.72. The average Bonchev–Trinajstić information content (AvgIpc) is 3.10. The molecule has 4 heterocycles. The van der Waals surface area contributed by atoms with Gasteiger partial charge in [0.25, 0.3) is 0 Å². The van der Waals surface area contributed by atoms with Crippen LogP contribution in [0.1, 0.15) is 29.5 Å². The molecule has 0 amide bonds. The van der Waals surface area contributed by atoms with Gasteiger partial charge in [-0.1, -0.05) is 12.1 Å². The van der Waals surface area contributed by atoms with Crippen molar-refractivity contribution in [2.45, 2.75) is 25.0 Å². The normalized spacial score (nSPS) is 18.7. The number of anilines is 1. The molecule has 0 radical (unpaired) electrons. The molecule has 5 rings (SSSR count). The molecule has 2 aliphatic heterocycles. The maximum Gasteiger partial charge on any atom is 0.157 e. The van der Waals surface area contributed by atoms with E-state index < -0.39 is 9.84 Å². The molecule has 1 N–H and O–H groups in total. The van der Waals surface area contributed by atoms with Crippen LogP contribution in [-0.4, -0.2) is 48.4 Å². The van der Waals surface area contributed by atoms with E-state index in [0.717, 1.165) is 53.9 Å². The van der Waals surface area contributed by atoms with Crippen molar-refractivity contribution in [3.8, 4) is 6.07 Å². The Labute approximate surface area is 181 Å². The Balaban J connectivity index is 0.00000218. The zero-order chi connectivity index (χ0) is 20.2. The Bertz CT molecular complexity index is 1270. The molecule has 0 spiro atoms. The summed E-state index contributed by atoms with van der Waals surface area (Å²) in [7, 11) is -3.21. The van der Waals surface area contributed by atoms with Crippen LogP contribution in [0.25, 0.3) is 16.7 Å². The molecule has 2 aliphatic rings. The summed E-state index contributed by atoms with van der Waals surface area (Å²) in [6, 6.07) is 10.0. The Morgan fingerprint density at radius 1 is 1.20 bits per heavy atom. The molecule has 7 nitrogen and oxygen atoms in total. The Morgan fingerprint density at radius 2 is 1.93 bits per heavy atom. The molecular formula is C21H23ClN4O3S. The summed E-state index contributed by atoms with van der Waals surface area (Å²) in [4.78, 5) is 6.96. The lowest BCUT2D eigenvalue weighted by Crippen LogP contribution is -2.37. The molecule has 3 aromatic rings. The van der Waals surface area contributed by atoms with Crippen molar-refractivity contribution < 1.29 is 13.5 Å². The highest BCUT2D eigenvalue weighted by Crippen LogP contribution is 2.38. The van der Waals surface area contributed by atoms with Gasteiger partial charge in [-0.2, -0.15) is 5.26 Å². The first-order chi connectivity index (χ1) is 14.0. The molecule has 9 heteroatoms. The van der Waals surface area contributed by atoms with Gasteiger partial charge in [-0.15, -0.1) is 12.4 Å². The number of piperidine rings is 1. The number of rotatable bonds is 2. The van der Waals surface area contributed by atoms with Gasteiger partial charge >= 0.3 is 0 Å². The smallest absolute Gasteiger partial charge is 0.157 e. The van der Waals surface area contributed by atoms with Crippen LogP contribution < -0.4 is 4.90 Å². The molecule has 0 atom stereocenters. The van der Waals surface area contributed by atoms with Gasteiger partial charge in [-0.05, 0) is 42.9 Å². The third kappa shape index (κ3) is 3.22. The summed E-state index contributed by atoms with van der Waals surface area (Å²) in [5.41, 5.74) is 4.33. The largest absolute Gasteiger partial charge is 0.396 e. The van der Waals surface area contributed by atoms with Crippen LogP contribution in [0.15, 0.2) is 24.3 Å². The van der Waals surface area contributed by atoms with Crippen LogP contribution in [0.2, 0.25) is 0 Å². The number of benzene rings is 1. The van der Waals surface area contributed by atoms with Crippen molar-refractivity contribution in [2.24, 2.45) is 5.92 Å². The molecule has 0 saturated carbocycles. The molecule has 1 fully saturated rings. The van der Waals surface area contributed by atoms with Gasteiger partial charge in [-0.25, -0.2) is 13.4 Å². The second-order valence-electron chi connectivity index (χ2n) is 7.98. The number of hydrogen-bond acceptors (Lipinski definition) is 6. The zero-order valence-corrected chi connectivity index (χ0v) is 18.0. The van der Waals surface area contributed by atoms with Crippen molar-refractivity contribution in [3.05, 3.63) is 41.0 Å². The molecule has 2 aromatic heterocycles. The molecule has 0 unspecified atom stereocenters. The van der Waals surface area contributed by atoms with Gasteiger partial charge in [0.1, 0.15) is 11.9 Å². The predicted octanol–water partition coefficient (Wildman–Crippen LogP) is 2.46. The highest BCUT2D eigenvalue weighted by Gasteiger charge is 2.33. The minimum atomic E-state index is -3.21. The first kappa shape index (κ1) is 20.9. The van der Waals surface area contributed by atoms with E-state index in [-0.39, 0.29) is 36.4 Å². The van der Waals surface area contributed by atoms with Gasteiger partial charge in [0, 0.05) is 25.3 Å². The number of fused-ring (bicyclic) bond motifs is 4. The number of pyridine rings is 1. The number of aliphatic hydroxyl groups is 1. The van der Waals surface area contributed by atoms with Gasteiger partial charge in [0.15, 0.2) is 15.5 Å². The quantitative estimate of drug-likeness (QED) is 0.649. The third-order valence-corrected chi connectivity index (χ3v) is 7.80. The number of nitrogens with zero attached hydrogens (tertiary/aromatic N) is 4. The Kier molecular flexibility index (Phi) is 5.39. The first-order valence-electron chi connectivity index (χ1n) is 9.93. The van der Waals surface area contributed by atoms with Crippen LogP contribution in [0.4, 0.5) is 5.82 Å². The van der Waals surface area contributed by atoms with E-state index in [4.69, 9.17) is 4.98 Å². The number of halogens is 1. The van der Waals surface area contributed by atoms with E-state index in [2.05, 4.69) is 11.0 Å². The Hall–Kier alpha value is -2.34. The van der Waals surface area contributed by atoms with Crippen LogP contribution in [0.5, 0.6) is 0 Å². The van der Waals surface area contributed by atoms with E-state index in [1.165, 1.54) is 0 Å². The number of sulfone groups is 1. The number of para-hydroxylation sites is 2. The fourth-order valence-corrected chi connectivity index (χ4v) is 6.12. The first-order valence-corrected chi connectivity index (χ1v) is 11.8. The molecule has 30 heavy (non-hydrogen) atoms. The van der Waals surface area contributed by atoms with E-state index >= 15 is 0 Å². The minimum absolute atomic E-state index is 0. The number of aromatic nitrogens is 2. The highest BCUT2D eigenvalue weighted by molar-refractivity contribution is 7.90. The van der Waals surface area contributed by atoms with E-state index in [1.807, 2.05) is 28.7 Å². The fraction of sp³-hybridized carbons (Fsp3) is 0.429. The Morgan fingerprint density at radius 3 is 2.63 bits per heavy atom. The molecule has 158 valence electrons. The van der Waals surface area contributed by atoms with Crippen molar-refractivity contribution in [1.82, 2.24) is 9.38 Å². The lowest BCUT2D eigenvalue weighted by atomic mass is 9.96. The maximum absolute atomic E-state index is 12.5. The van der Waals surface area contributed by atoms with Gasteiger partial charge in [0.05, 0.1) is 28.1 Å². The maximum atomic E-state index is 12.5. The number of aliphatic hydroxyl groups excluding tert-OH is 1. The van der Waals surface area contributed by atoms with Gasteiger partial charge in [-0.3, -0.25) is 4.40 Å². The number of imidazole rings is 1. The highest BCUT2D eigenvalue weighted by atomic mass is 35.5. The predicted molar refractivity (Wildman–Crippen MR) is 118 cm³/mol. The summed E-state index contributed by atoms with van der Waals surface area (Å²) in [5, 5.41) is 19.4. The van der Waals surface area contributed by atoms with E-state index in [0.29, 0.717) is 17.6 Å². The minimum Gasteiger partial charge on any atom is -0.396 e. The topological polar surface area (TPSA) is 98.7 Å². The van der Waals surface area contributed by atoms with E-state index in [1.54, 1.807) is 0 Å². The van der Waals surface area contributed by atoms with Crippen molar-refractivity contribution >= 4 is 44.7 Å². The van der Waals surface area contributed by atoms with E-state index in [9.17, 15) is 18.8 Å². The summed E-state index contributed by atoms with van der Waals surface area (Å²) in [6.07, 6.45) is 2.05. The van der Waals surface area contributed by atoms with Crippen molar-refractivity contribution in [3.63, 3.8) is 0 Å².